The largest absolute Gasteiger partial charge is 0.480 e. The van der Waals surface area contributed by atoms with Crippen LogP contribution in [0.15, 0.2) is 12.1 Å². The second kappa shape index (κ2) is 6.15. The van der Waals surface area contributed by atoms with Crippen LogP contribution in [0.5, 0.6) is 0 Å². The highest BCUT2D eigenvalue weighted by atomic mass is 32.1. The molecule has 0 saturated carbocycles. The molecule has 2 rings (SSSR count). The van der Waals surface area contributed by atoms with Gasteiger partial charge in [0.2, 0.25) is 0 Å². The Kier molecular flexibility index (Phi) is 4.60. The van der Waals surface area contributed by atoms with Crippen LogP contribution >= 0.6 is 11.3 Å². The Bertz CT molecular complexity index is 770. The number of aromatic nitrogens is 1. The van der Waals surface area contributed by atoms with Crippen molar-refractivity contribution in [2.75, 3.05) is 13.1 Å². The highest BCUT2D eigenvalue weighted by molar-refractivity contribution is 7.20. The van der Waals surface area contributed by atoms with Crippen molar-refractivity contribution in [3.63, 3.8) is 0 Å². The van der Waals surface area contributed by atoms with E-state index in [2.05, 4.69) is 4.98 Å². The van der Waals surface area contributed by atoms with Crippen LogP contribution in [0.25, 0.3) is 10.2 Å². The lowest BCUT2D eigenvalue weighted by atomic mass is 10.1. The van der Waals surface area contributed by atoms with Gasteiger partial charge < -0.3 is 10.0 Å². The number of thiophene rings is 1. The molecule has 0 unspecified atom stereocenters. The van der Waals surface area contributed by atoms with Crippen LogP contribution in [-0.2, 0) is 11.0 Å². The van der Waals surface area contributed by atoms with Crippen LogP contribution in [0.2, 0.25) is 0 Å². The van der Waals surface area contributed by atoms with E-state index in [9.17, 15) is 22.8 Å². The van der Waals surface area contributed by atoms with Gasteiger partial charge in [0.25, 0.3) is 5.91 Å². The summed E-state index contributed by atoms with van der Waals surface area (Å²) < 4.78 is 38.1. The fraction of sp³-hybridized carbons (Fsp3) is 0.357. The smallest absolute Gasteiger partial charge is 0.433 e. The van der Waals surface area contributed by atoms with Gasteiger partial charge in [-0.05, 0) is 31.5 Å². The van der Waals surface area contributed by atoms with Crippen LogP contribution in [0.1, 0.15) is 27.9 Å². The predicted octanol–water partition coefficient (Wildman–Crippen LogP) is 3.17. The van der Waals surface area contributed by atoms with E-state index in [1.54, 1.807) is 13.8 Å². The topological polar surface area (TPSA) is 70.5 Å². The third-order valence-electron chi connectivity index (χ3n) is 3.28. The highest BCUT2D eigenvalue weighted by Crippen LogP contribution is 2.34. The number of aliphatic carboxylic acids is 1. The lowest BCUT2D eigenvalue weighted by Crippen LogP contribution is -2.35. The number of aryl methyl sites for hydroxylation is 1. The van der Waals surface area contributed by atoms with Gasteiger partial charge >= 0.3 is 12.1 Å². The van der Waals surface area contributed by atoms with E-state index in [0.717, 1.165) is 22.3 Å². The van der Waals surface area contributed by atoms with Crippen molar-refractivity contribution in [2.45, 2.75) is 20.0 Å². The highest BCUT2D eigenvalue weighted by Gasteiger charge is 2.33. The van der Waals surface area contributed by atoms with Gasteiger partial charge in [0.1, 0.15) is 17.1 Å². The Morgan fingerprint density at radius 2 is 2.00 bits per heavy atom. The Morgan fingerprint density at radius 3 is 2.52 bits per heavy atom. The normalized spacial score (nSPS) is 11.7. The minimum Gasteiger partial charge on any atom is -0.480 e. The number of carbonyl (C=O) groups is 2. The number of hydrogen-bond acceptors (Lipinski definition) is 4. The Labute approximate surface area is 133 Å². The van der Waals surface area contributed by atoms with E-state index in [0.29, 0.717) is 10.9 Å². The van der Waals surface area contributed by atoms with E-state index in [-0.39, 0.29) is 16.3 Å². The van der Waals surface area contributed by atoms with Crippen LogP contribution in [0, 0.1) is 6.92 Å². The maximum absolute atomic E-state index is 12.7. The van der Waals surface area contributed by atoms with Crippen molar-refractivity contribution in [1.29, 1.82) is 0 Å². The second-order valence-electron chi connectivity index (χ2n) is 4.82. The molecule has 124 valence electrons. The molecular formula is C14H13F3N2O3S. The molecule has 23 heavy (non-hydrogen) atoms. The number of amides is 1. The number of carboxylic acids is 1. The van der Waals surface area contributed by atoms with E-state index < -0.39 is 30.3 Å². The molecule has 2 aromatic rings. The van der Waals surface area contributed by atoms with Crippen molar-refractivity contribution in [3.05, 3.63) is 28.3 Å². The molecule has 1 amide bonds. The van der Waals surface area contributed by atoms with Crippen molar-refractivity contribution in [3.8, 4) is 0 Å². The standard InChI is InChI=1S/C14H13F3N2O3S/c1-3-19(6-10(20)21)13(22)11-7(2)8-4-5-9(14(15,16)17)18-12(8)23-11/h4-5H,3,6H2,1-2H3,(H,20,21). The lowest BCUT2D eigenvalue weighted by Gasteiger charge is -2.17. The predicted molar refractivity (Wildman–Crippen MR) is 78.6 cm³/mol. The summed E-state index contributed by atoms with van der Waals surface area (Å²) in [6, 6.07) is 2.15. The Hall–Kier alpha value is -2.16. The number of hydrogen-bond donors (Lipinski definition) is 1. The Morgan fingerprint density at radius 1 is 1.35 bits per heavy atom. The first-order valence-corrected chi connectivity index (χ1v) is 7.45. The zero-order chi connectivity index (χ0) is 17.4. The number of likely N-dealkylation sites (N-methyl/N-ethyl adjacent to an activating group) is 1. The summed E-state index contributed by atoms with van der Waals surface area (Å²) in [7, 11) is 0. The number of nitrogens with zero attached hydrogens (tertiary/aromatic N) is 2. The molecule has 2 heterocycles. The summed E-state index contributed by atoms with van der Waals surface area (Å²) in [4.78, 5) is 28.2. The fourth-order valence-corrected chi connectivity index (χ4v) is 3.24. The molecule has 0 saturated heterocycles. The van der Waals surface area contributed by atoms with Gasteiger partial charge in [0, 0.05) is 11.9 Å². The first-order chi connectivity index (χ1) is 10.6. The van der Waals surface area contributed by atoms with E-state index >= 15 is 0 Å². The monoisotopic (exact) mass is 346 g/mol. The first-order valence-electron chi connectivity index (χ1n) is 6.63. The van der Waals surface area contributed by atoms with E-state index in [1.807, 2.05) is 0 Å². The summed E-state index contributed by atoms with van der Waals surface area (Å²) in [6.45, 7) is 2.95. The number of carbonyl (C=O) groups excluding carboxylic acids is 1. The minimum atomic E-state index is -4.56. The number of carboxylic acid groups (broad SMARTS) is 1. The number of rotatable bonds is 4. The molecule has 0 bridgehead atoms. The molecule has 0 fully saturated rings. The third-order valence-corrected chi connectivity index (χ3v) is 4.47. The number of halogens is 3. The van der Waals surface area contributed by atoms with E-state index in [1.165, 1.54) is 6.07 Å². The number of pyridine rings is 1. The average Bonchev–Trinajstić information content (AvgIpc) is 2.79. The summed E-state index contributed by atoms with van der Waals surface area (Å²) in [5.41, 5.74) is -0.525. The molecule has 0 spiro atoms. The average molecular weight is 346 g/mol. The van der Waals surface area contributed by atoms with Crippen LogP contribution in [0.3, 0.4) is 0 Å². The quantitative estimate of drug-likeness (QED) is 0.923. The molecule has 0 aromatic carbocycles. The number of fused-ring (bicyclic) bond motifs is 1. The Balaban J connectivity index is 2.47. The van der Waals surface area contributed by atoms with E-state index in [4.69, 9.17) is 5.11 Å². The van der Waals surface area contributed by atoms with Gasteiger partial charge in [0.05, 0.1) is 4.88 Å². The molecule has 5 nitrogen and oxygen atoms in total. The van der Waals surface area contributed by atoms with Crippen LogP contribution < -0.4 is 0 Å². The molecule has 2 aromatic heterocycles. The second-order valence-corrected chi connectivity index (χ2v) is 5.82. The number of alkyl halides is 3. The summed E-state index contributed by atoms with van der Waals surface area (Å²) >= 11 is 0.838. The van der Waals surface area contributed by atoms with Crippen molar-refractivity contribution >= 4 is 33.4 Å². The van der Waals surface area contributed by atoms with Gasteiger partial charge in [-0.2, -0.15) is 13.2 Å². The van der Waals surface area contributed by atoms with Crippen LogP contribution in [-0.4, -0.2) is 40.0 Å². The van der Waals surface area contributed by atoms with Crippen LogP contribution in [0.4, 0.5) is 13.2 Å². The van der Waals surface area contributed by atoms with Gasteiger partial charge in [-0.3, -0.25) is 9.59 Å². The van der Waals surface area contributed by atoms with Gasteiger partial charge in [-0.25, -0.2) is 4.98 Å². The molecule has 1 N–H and O–H groups in total. The van der Waals surface area contributed by atoms with Gasteiger partial charge in [-0.15, -0.1) is 11.3 Å². The maximum atomic E-state index is 12.7. The molecule has 0 radical (unpaired) electrons. The zero-order valence-corrected chi connectivity index (χ0v) is 13.1. The first kappa shape index (κ1) is 17.2. The minimum absolute atomic E-state index is 0.104. The molecular weight excluding hydrogens is 333 g/mol. The molecule has 0 aliphatic heterocycles. The molecule has 9 heteroatoms. The summed E-state index contributed by atoms with van der Waals surface area (Å²) in [5, 5.41) is 9.27. The van der Waals surface area contributed by atoms with Crippen molar-refractivity contribution in [2.24, 2.45) is 0 Å². The van der Waals surface area contributed by atoms with Crippen molar-refractivity contribution in [1.82, 2.24) is 9.88 Å². The lowest BCUT2D eigenvalue weighted by molar-refractivity contribution is -0.141. The fourth-order valence-electron chi connectivity index (χ4n) is 2.10. The van der Waals surface area contributed by atoms with Crippen molar-refractivity contribution < 1.29 is 27.9 Å². The molecule has 0 aliphatic carbocycles. The maximum Gasteiger partial charge on any atom is 0.433 e. The summed E-state index contributed by atoms with van der Waals surface area (Å²) in [6.07, 6.45) is -4.56. The third kappa shape index (κ3) is 3.44. The zero-order valence-electron chi connectivity index (χ0n) is 12.3. The SMILES string of the molecule is CCN(CC(=O)O)C(=O)c1sc2nc(C(F)(F)F)ccc2c1C. The van der Waals surface area contributed by atoms with Gasteiger partial charge in [0.15, 0.2) is 0 Å². The molecule has 0 aliphatic rings. The summed E-state index contributed by atoms with van der Waals surface area (Å²) in [5.74, 6) is -1.68. The van der Waals surface area contributed by atoms with Gasteiger partial charge in [-0.1, -0.05) is 0 Å². The molecule has 0 atom stereocenters.